The first-order valence-electron chi connectivity index (χ1n) is 10.4. The lowest BCUT2D eigenvalue weighted by molar-refractivity contribution is -0.133. The Morgan fingerprint density at radius 3 is 2.66 bits per heavy atom. The summed E-state index contributed by atoms with van der Waals surface area (Å²) in [5.74, 6) is 1.75. The normalized spacial score (nSPS) is 16.7. The number of rotatable bonds is 4. The standard InChI is InChI=1S/C22H25N5O2/c28-20(16-29-17-6-2-1-3-7-17)25-12-14-26(15-13-25)22-21-18-8-4-5-9-19(18)24-27(21)11-10-23-22/h1-3,6-7,10-11H,4-5,8-9,12-16H2. The van der Waals surface area contributed by atoms with Gasteiger partial charge in [-0.05, 0) is 37.8 Å². The van der Waals surface area contributed by atoms with E-state index in [1.165, 1.54) is 24.1 Å². The molecule has 7 heteroatoms. The number of hydrogen-bond donors (Lipinski definition) is 0. The number of piperazine rings is 1. The Kier molecular flexibility index (Phi) is 4.79. The summed E-state index contributed by atoms with van der Waals surface area (Å²) in [4.78, 5) is 21.4. The van der Waals surface area contributed by atoms with Crippen molar-refractivity contribution in [3.8, 4) is 5.75 Å². The molecule has 150 valence electrons. The summed E-state index contributed by atoms with van der Waals surface area (Å²) >= 11 is 0. The Morgan fingerprint density at radius 2 is 1.83 bits per heavy atom. The highest BCUT2D eigenvalue weighted by Crippen LogP contribution is 2.30. The van der Waals surface area contributed by atoms with E-state index in [9.17, 15) is 4.79 Å². The van der Waals surface area contributed by atoms with E-state index >= 15 is 0 Å². The molecule has 1 fully saturated rings. The largest absolute Gasteiger partial charge is 0.484 e. The third-order valence-corrected chi connectivity index (χ3v) is 5.84. The van der Waals surface area contributed by atoms with Gasteiger partial charge in [0.25, 0.3) is 5.91 Å². The quantitative estimate of drug-likeness (QED) is 0.683. The van der Waals surface area contributed by atoms with Crippen molar-refractivity contribution < 1.29 is 9.53 Å². The summed E-state index contributed by atoms with van der Waals surface area (Å²) in [6.07, 6.45) is 8.33. The molecule has 7 nitrogen and oxygen atoms in total. The molecule has 3 heterocycles. The average Bonchev–Trinajstić information content (AvgIpc) is 3.17. The zero-order chi connectivity index (χ0) is 19.6. The van der Waals surface area contributed by atoms with Crippen LogP contribution >= 0.6 is 0 Å². The topological polar surface area (TPSA) is 63.0 Å². The van der Waals surface area contributed by atoms with Crippen molar-refractivity contribution in [3.63, 3.8) is 0 Å². The zero-order valence-corrected chi connectivity index (χ0v) is 16.5. The minimum Gasteiger partial charge on any atom is -0.484 e. The molecule has 1 amide bonds. The molecule has 0 N–H and O–H groups in total. The fraction of sp³-hybridized carbons (Fsp3) is 0.409. The maximum Gasteiger partial charge on any atom is 0.260 e. The monoisotopic (exact) mass is 391 g/mol. The van der Waals surface area contributed by atoms with Crippen LogP contribution in [0.15, 0.2) is 42.7 Å². The van der Waals surface area contributed by atoms with Gasteiger partial charge in [-0.15, -0.1) is 0 Å². The van der Waals surface area contributed by atoms with Crippen LogP contribution in [-0.4, -0.2) is 58.2 Å². The van der Waals surface area contributed by atoms with Gasteiger partial charge < -0.3 is 14.5 Å². The number of aryl methyl sites for hydroxylation is 2. The fourth-order valence-corrected chi connectivity index (χ4v) is 4.30. The third-order valence-electron chi connectivity index (χ3n) is 5.84. The molecule has 5 rings (SSSR count). The number of hydrogen-bond acceptors (Lipinski definition) is 5. The van der Waals surface area contributed by atoms with Crippen LogP contribution in [0.4, 0.5) is 5.82 Å². The molecular weight excluding hydrogens is 366 g/mol. The van der Waals surface area contributed by atoms with Crippen molar-refractivity contribution >= 4 is 17.2 Å². The van der Waals surface area contributed by atoms with E-state index in [-0.39, 0.29) is 12.5 Å². The second kappa shape index (κ2) is 7.73. The van der Waals surface area contributed by atoms with Gasteiger partial charge in [0.2, 0.25) is 0 Å². The Bertz CT molecular complexity index is 1010. The highest BCUT2D eigenvalue weighted by atomic mass is 16.5. The minimum atomic E-state index is 0.0291. The Labute approximate surface area is 169 Å². The number of nitrogens with zero attached hydrogens (tertiary/aromatic N) is 5. The zero-order valence-electron chi connectivity index (χ0n) is 16.5. The van der Waals surface area contributed by atoms with Crippen molar-refractivity contribution in [1.82, 2.24) is 19.5 Å². The van der Waals surface area contributed by atoms with Gasteiger partial charge >= 0.3 is 0 Å². The first-order chi connectivity index (χ1) is 14.3. The van der Waals surface area contributed by atoms with Crippen LogP contribution in [0, 0.1) is 0 Å². The molecule has 0 spiro atoms. The molecular formula is C22H25N5O2. The lowest BCUT2D eigenvalue weighted by Gasteiger charge is -2.35. The van der Waals surface area contributed by atoms with E-state index in [0.29, 0.717) is 13.1 Å². The van der Waals surface area contributed by atoms with Crippen LogP contribution in [0.2, 0.25) is 0 Å². The van der Waals surface area contributed by atoms with E-state index < -0.39 is 0 Å². The molecule has 1 aromatic carbocycles. The Balaban J connectivity index is 1.26. The van der Waals surface area contributed by atoms with Gasteiger partial charge in [0.1, 0.15) is 11.3 Å². The molecule has 2 aliphatic rings. The van der Waals surface area contributed by atoms with Gasteiger partial charge in [-0.3, -0.25) is 4.79 Å². The van der Waals surface area contributed by atoms with Crippen LogP contribution < -0.4 is 9.64 Å². The lowest BCUT2D eigenvalue weighted by Crippen LogP contribution is -2.50. The molecule has 0 bridgehead atoms. The van der Waals surface area contributed by atoms with Gasteiger partial charge in [-0.1, -0.05) is 18.2 Å². The van der Waals surface area contributed by atoms with Gasteiger partial charge in [-0.2, -0.15) is 5.10 Å². The predicted molar refractivity (Wildman–Crippen MR) is 110 cm³/mol. The number of amides is 1. The number of carbonyl (C=O) groups is 1. The summed E-state index contributed by atoms with van der Waals surface area (Å²) in [6, 6.07) is 9.47. The SMILES string of the molecule is O=C(COc1ccccc1)N1CCN(c2nccn3nc4c(c23)CCCC4)CC1. The van der Waals surface area contributed by atoms with E-state index in [4.69, 9.17) is 14.8 Å². The van der Waals surface area contributed by atoms with Crippen LogP contribution in [0.1, 0.15) is 24.1 Å². The van der Waals surface area contributed by atoms with Gasteiger partial charge in [0.05, 0.1) is 5.69 Å². The highest BCUT2D eigenvalue weighted by molar-refractivity contribution is 5.79. The number of benzene rings is 1. The van der Waals surface area contributed by atoms with Gasteiger partial charge in [0.15, 0.2) is 12.4 Å². The maximum absolute atomic E-state index is 12.5. The second-order valence-electron chi connectivity index (χ2n) is 7.65. The molecule has 1 aliphatic carbocycles. The predicted octanol–water partition coefficient (Wildman–Crippen LogP) is 2.34. The van der Waals surface area contributed by atoms with E-state index in [1.807, 2.05) is 52.1 Å². The number of anilines is 1. The van der Waals surface area contributed by atoms with E-state index in [0.717, 1.165) is 43.0 Å². The fourth-order valence-electron chi connectivity index (χ4n) is 4.30. The molecule has 1 saturated heterocycles. The highest BCUT2D eigenvalue weighted by Gasteiger charge is 2.26. The summed E-state index contributed by atoms with van der Waals surface area (Å²) < 4.78 is 7.60. The molecule has 29 heavy (non-hydrogen) atoms. The Morgan fingerprint density at radius 1 is 1.03 bits per heavy atom. The molecule has 0 unspecified atom stereocenters. The smallest absolute Gasteiger partial charge is 0.260 e. The first-order valence-corrected chi connectivity index (χ1v) is 10.4. The van der Waals surface area contributed by atoms with Crippen molar-refractivity contribution in [2.75, 3.05) is 37.7 Å². The summed E-state index contributed by atoms with van der Waals surface area (Å²) in [7, 11) is 0. The summed E-state index contributed by atoms with van der Waals surface area (Å²) in [5.41, 5.74) is 3.72. The second-order valence-corrected chi connectivity index (χ2v) is 7.65. The molecule has 3 aromatic rings. The number of para-hydroxylation sites is 1. The van der Waals surface area contributed by atoms with Gasteiger partial charge in [-0.25, -0.2) is 9.50 Å². The van der Waals surface area contributed by atoms with Crippen molar-refractivity contribution in [2.24, 2.45) is 0 Å². The lowest BCUT2D eigenvalue weighted by atomic mass is 9.97. The number of fused-ring (bicyclic) bond motifs is 3. The van der Waals surface area contributed by atoms with Crippen LogP contribution in [-0.2, 0) is 17.6 Å². The minimum absolute atomic E-state index is 0.0291. The number of aromatic nitrogens is 3. The van der Waals surface area contributed by atoms with Crippen LogP contribution in [0.5, 0.6) is 5.75 Å². The van der Waals surface area contributed by atoms with Gasteiger partial charge in [0, 0.05) is 44.1 Å². The average molecular weight is 391 g/mol. The van der Waals surface area contributed by atoms with Crippen molar-refractivity contribution in [3.05, 3.63) is 54.0 Å². The van der Waals surface area contributed by atoms with Crippen LogP contribution in [0.25, 0.3) is 5.52 Å². The summed E-state index contributed by atoms with van der Waals surface area (Å²) in [6.45, 7) is 2.97. The summed E-state index contributed by atoms with van der Waals surface area (Å²) in [5, 5.41) is 4.77. The first kappa shape index (κ1) is 18.0. The molecule has 0 saturated carbocycles. The number of carbonyl (C=O) groups excluding carboxylic acids is 1. The maximum atomic E-state index is 12.5. The Hall–Kier alpha value is -3.09. The molecule has 0 radical (unpaired) electrons. The van der Waals surface area contributed by atoms with Crippen LogP contribution in [0.3, 0.4) is 0 Å². The molecule has 0 atom stereocenters. The molecule has 1 aliphatic heterocycles. The number of ether oxygens (including phenoxy) is 1. The third kappa shape index (κ3) is 3.52. The van der Waals surface area contributed by atoms with Crippen molar-refractivity contribution in [1.29, 1.82) is 0 Å². The molecule has 2 aromatic heterocycles. The van der Waals surface area contributed by atoms with Crippen molar-refractivity contribution in [2.45, 2.75) is 25.7 Å². The van der Waals surface area contributed by atoms with E-state index in [1.54, 1.807) is 0 Å². The van der Waals surface area contributed by atoms with E-state index in [2.05, 4.69) is 4.90 Å².